The van der Waals surface area contributed by atoms with E-state index in [1.165, 1.54) is 18.4 Å². The summed E-state index contributed by atoms with van der Waals surface area (Å²) >= 11 is 1.48. The molecule has 0 saturated carbocycles. The average molecular weight is 404 g/mol. The Bertz CT molecular complexity index is 852. The number of thiophene rings is 1. The van der Waals surface area contributed by atoms with Gasteiger partial charge >= 0.3 is 11.9 Å². The third kappa shape index (κ3) is 3.51. The molecule has 3 unspecified atom stereocenters. The minimum Gasteiger partial charge on any atom is -0.468 e. The van der Waals surface area contributed by atoms with Crippen LogP contribution in [0.25, 0.3) is 0 Å². The van der Waals surface area contributed by atoms with Crippen molar-refractivity contribution in [3.63, 3.8) is 0 Å². The lowest BCUT2D eigenvalue weighted by Gasteiger charge is -2.37. The normalized spacial score (nSPS) is 24.6. The molecule has 1 aliphatic carbocycles. The molecule has 3 rings (SSSR count). The smallest absolute Gasteiger partial charge is 0.336 e. The van der Waals surface area contributed by atoms with Crippen LogP contribution in [0, 0.1) is 11.8 Å². The topological polar surface area (TPSA) is 81.7 Å². The Morgan fingerprint density at radius 2 is 2.11 bits per heavy atom. The Kier molecular flexibility index (Phi) is 6.03. The van der Waals surface area contributed by atoms with E-state index in [4.69, 9.17) is 9.47 Å². The summed E-state index contributed by atoms with van der Waals surface area (Å²) in [5.74, 6) is -2.82. The number of hydrogen-bond donors (Lipinski definition) is 1. The number of dihydropyridines is 1. The van der Waals surface area contributed by atoms with Gasteiger partial charge in [0, 0.05) is 21.8 Å². The summed E-state index contributed by atoms with van der Waals surface area (Å²) in [7, 11) is 1.29. The van der Waals surface area contributed by atoms with E-state index in [1.54, 1.807) is 0 Å². The zero-order chi connectivity index (χ0) is 20.4. The Morgan fingerprint density at radius 3 is 2.71 bits per heavy atom. The van der Waals surface area contributed by atoms with Crippen LogP contribution >= 0.6 is 11.3 Å². The van der Waals surface area contributed by atoms with Crippen LogP contribution in [0.5, 0.6) is 0 Å². The SMILES string of the molecule is CCCOC(=O)C1=C(C)NC2=C(C(=O)C(C(=O)OC)C(C)C2)C1c1cccs1. The molecule has 0 saturated heterocycles. The van der Waals surface area contributed by atoms with Crippen molar-refractivity contribution >= 4 is 29.1 Å². The van der Waals surface area contributed by atoms with E-state index in [-0.39, 0.29) is 11.7 Å². The summed E-state index contributed by atoms with van der Waals surface area (Å²) in [5, 5.41) is 5.16. The number of methoxy groups -OCH3 is 1. The van der Waals surface area contributed by atoms with Crippen molar-refractivity contribution in [2.24, 2.45) is 11.8 Å². The molecule has 0 spiro atoms. The van der Waals surface area contributed by atoms with Gasteiger partial charge in [-0.2, -0.15) is 0 Å². The minimum absolute atomic E-state index is 0.184. The van der Waals surface area contributed by atoms with Crippen molar-refractivity contribution in [3.8, 4) is 0 Å². The standard InChI is InChI=1S/C21H25NO5S/c1-5-8-27-21(25)16-12(3)22-13-10-11(2)15(20(24)26-4)19(23)17(13)18(16)14-7-6-9-28-14/h6-7,9,11,15,18,22H,5,8,10H2,1-4H3. The van der Waals surface area contributed by atoms with Crippen LogP contribution in [0.2, 0.25) is 0 Å². The number of rotatable bonds is 5. The summed E-state index contributed by atoms with van der Waals surface area (Å²) in [6.07, 6.45) is 1.25. The summed E-state index contributed by atoms with van der Waals surface area (Å²) in [6, 6.07) is 3.80. The fourth-order valence-corrected chi connectivity index (χ4v) is 4.81. The number of hydrogen-bond acceptors (Lipinski definition) is 7. The molecule has 0 fully saturated rings. The molecule has 6 nitrogen and oxygen atoms in total. The third-order valence-corrected chi connectivity index (χ3v) is 6.17. The maximum Gasteiger partial charge on any atom is 0.336 e. The molecule has 3 atom stereocenters. The highest BCUT2D eigenvalue weighted by atomic mass is 32.1. The van der Waals surface area contributed by atoms with Gasteiger partial charge in [-0.15, -0.1) is 11.3 Å². The number of carbonyl (C=O) groups is 3. The van der Waals surface area contributed by atoms with Crippen LogP contribution in [-0.2, 0) is 23.9 Å². The second-order valence-electron chi connectivity index (χ2n) is 7.19. The van der Waals surface area contributed by atoms with E-state index < -0.39 is 23.8 Å². The molecule has 1 aliphatic heterocycles. The number of ketones is 1. The van der Waals surface area contributed by atoms with Crippen molar-refractivity contribution < 1.29 is 23.9 Å². The molecular weight excluding hydrogens is 378 g/mol. The Labute approximate surface area is 168 Å². The van der Waals surface area contributed by atoms with Crippen molar-refractivity contribution in [2.45, 2.75) is 39.5 Å². The molecule has 0 amide bonds. The van der Waals surface area contributed by atoms with Gasteiger partial charge in [0.05, 0.1) is 25.2 Å². The largest absolute Gasteiger partial charge is 0.468 e. The number of nitrogens with one attached hydrogen (secondary N) is 1. The van der Waals surface area contributed by atoms with E-state index in [1.807, 2.05) is 38.3 Å². The molecule has 1 N–H and O–H groups in total. The van der Waals surface area contributed by atoms with Gasteiger partial charge in [0.2, 0.25) is 0 Å². The lowest BCUT2D eigenvalue weighted by Crippen LogP contribution is -2.43. The molecule has 1 aromatic rings. The third-order valence-electron chi connectivity index (χ3n) is 5.23. The van der Waals surface area contributed by atoms with Crippen molar-refractivity contribution in [1.29, 1.82) is 0 Å². The number of Topliss-reactive ketones (excluding diaryl/α,β-unsaturated/α-hetero) is 1. The van der Waals surface area contributed by atoms with Gasteiger partial charge in [-0.25, -0.2) is 4.79 Å². The maximum atomic E-state index is 13.4. The number of esters is 2. The fraction of sp³-hybridized carbons (Fsp3) is 0.476. The quantitative estimate of drug-likeness (QED) is 0.600. The number of allylic oxidation sites excluding steroid dienone is 3. The molecule has 0 bridgehead atoms. The van der Waals surface area contributed by atoms with E-state index in [0.717, 1.165) is 10.6 Å². The summed E-state index contributed by atoms with van der Waals surface area (Å²) in [6.45, 7) is 5.94. The van der Waals surface area contributed by atoms with Crippen molar-refractivity contribution in [2.75, 3.05) is 13.7 Å². The zero-order valence-corrected chi connectivity index (χ0v) is 17.4. The minimum atomic E-state index is -0.862. The first-order chi connectivity index (χ1) is 13.4. The second-order valence-corrected chi connectivity index (χ2v) is 8.17. The molecule has 28 heavy (non-hydrogen) atoms. The zero-order valence-electron chi connectivity index (χ0n) is 16.5. The number of ether oxygens (including phenoxy) is 2. The van der Waals surface area contributed by atoms with Gasteiger partial charge in [0.15, 0.2) is 5.78 Å². The molecule has 7 heteroatoms. The predicted octanol–water partition coefficient (Wildman–Crippen LogP) is 3.31. The van der Waals surface area contributed by atoms with E-state index in [0.29, 0.717) is 36.3 Å². The van der Waals surface area contributed by atoms with E-state index >= 15 is 0 Å². The molecule has 1 aromatic heterocycles. The van der Waals surface area contributed by atoms with E-state index in [9.17, 15) is 14.4 Å². The Balaban J connectivity index is 2.10. The first-order valence-electron chi connectivity index (χ1n) is 9.44. The summed E-state index contributed by atoms with van der Waals surface area (Å²) in [5.41, 5.74) is 2.38. The van der Waals surface area contributed by atoms with Gasteiger partial charge < -0.3 is 14.8 Å². The van der Waals surface area contributed by atoms with Gasteiger partial charge in [0.1, 0.15) is 5.92 Å². The first kappa shape index (κ1) is 20.3. The molecule has 0 aromatic carbocycles. The highest BCUT2D eigenvalue weighted by molar-refractivity contribution is 7.10. The van der Waals surface area contributed by atoms with Gasteiger partial charge in [-0.1, -0.05) is 19.9 Å². The second kappa shape index (κ2) is 8.31. The lowest BCUT2D eigenvalue weighted by atomic mass is 9.70. The van der Waals surface area contributed by atoms with Crippen molar-refractivity contribution in [1.82, 2.24) is 5.32 Å². The number of carbonyl (C=O) groups excluding carboxylic acids is 3. The van der Waals surface area contributed by atoms with Gasteiger partial charge in [-0.05, 0) is 37.1 Å². The maximum absolute atomic E-state index is 13.4. The van der Waals surface area contributed by atoms with Gasteiger partial charge in [0.25, 0.3) is 0 Å². The van der Waals surface area contributed by atoms with Crippen molar-refractivity contribution in [3.05, 3.63) is 44.9 Å². The first-order valence-corrected chi connectivity index (χ1v) is 10.3. The van der Waals surface area contributed by atoms with E-state index in [2.05, 4.69) is 5.32 Å². The molecule has 2 aliphatic rings. The predicted molar refractivity (Wildman–Crippen MR) is 105 cm³/mol. The molecular formula is C21H25NO5S. The van der Waals surface area contributed by atoms with Crippen LogP contribution in [0.4, 0.5) is 0 Å². The molecule has 2 heterocycles. The van der Waals surface area contributed by atoms with Crippen LogP contribution in [0.15, 0.2) is 40.1 Å². The van der Waals surface area contributed by atoms with Crippen LogP contribution in [0.3, 0.4) is 0 Å². The van der Waals surface area contributed by atoms with Crippen LogP contribution < -0.4 is 5.32 Å². The fourth-order valence-electron chi connectivity index (χ4n) is 3.96. The lowest BCUT2D eigenvalue weighted by molar-refractivity contribution is -0.151. The summed E-state index contributed by atoms with van der Waals surface area (Å²) in [4.78, 5) is 39.4. The highest BCUT2D eigenvalue weighted by Gasteiger charge is 2.47. The highest BCUT2D eigenvalue weighted by Crippen LogP contribution is 2.46. The summed E-state index contributed by atoms with van der Waals surface area (Å²) < 4.78 is 10.3. The molecule has 150 valence electrons. The monoisotopic (exact) mass is 403 g/mol. The Hall–Kier alpha value is -2.41. The average Bonchev–Trinajstić information content (AvgIpc) is 3.19. The Morgan fingerprint density at radius 1 is 1.36 bits per heavy atom. The van der Waals surface area contributed by atoms with Crippen LogP contribution in [0.1, 0.15) is 44.4 Å². The van der Waals surface area contributed by atoms with Gasteiger partial charge in [-0.3, -0.25) is 9.59 Å². The van der Waals surface area contributed by atoms with Crippen LogP contribution in [-0.4, -0.2) is 31.4 Å². The molecule has 0 radical (unpaired) electrons.